The van der Waals surface area contributed by atoms with Crippen LogP contribution in [0.2, 0.25) is 0 Å². The van der Waals surface area contributed by atoms with Gasteiger partial charge in [-0.2, -0.15) is 0 Å². The molecule has 0 unspecified atom stereocenters. The van der Waals surface area contributed by atoms with Crippen LogP contribution < -0.4 is 4.90 Å². The third kappa shape index (κ3) is 4.44. The molecule has 0 spiro atoms. The SMILES string of the molecule is c1ccc(-c2ccc3cc4c(cc3c2)-c2cc3cc(N(c5ccc6ccoc6c5-c5ccccc5)c5cccc6ccccc56)ccc3cc2-4)cc1. The minimum absolute atomic E-state index is 0.885. The third-order valence-corrected chi connectivity index (χ3v) is 10.8. The van der Waals surface area contributed by atoms with E-state index in [-0.39, 0.29) is 0 Å². The van der Waals surface area contributed by atoms with Gasteiger partial charge in [-0.3, -0.25) is 0 Å². The molecule has 0 saturated carbocycles. The smallest absolute Gasteiger partial charge is 0.143 e. The molecule has 2 heteroatoms. The summed E-state index contributed by atoms with van der Waals surface area (Å²) in [6, 6.07) is 66.1. The van der Waals surface area contributed by atoms with Crippen LogP contribution in [-0.2, 0) is 0 Å². The van der Waals surface area contributed by atoms with E-state index in [0.29, 0.717) is 0 Å². The van der Waals surface area contributed by atoms with Crippen LogP contribution in [0.4, 0.5) is 17.1 Å². The van der Waals surface area contributed by atoms with Crippen molar-refractivity contribution in [3.05, 3.63) is 188 Å². The standard InChI is InChI=1S/C50H31NO/c1-3-10-32(11-4-1)36-18-19-37-28-43-44-29-38-20-22-41(27-40(38)31-46(44)45(43)30-39(37)26-36)51(47-17-9-15-33-12-7-8-16-42(33)47)48-23-21-35-24-25-52-50(35)49(48)34-13-5-2-6-14-34/h1-31H. The second-order valence-corrected chi connectivity index (χ2v) is 13.8. The lowest BCUT2D eigenvalue weighted by Gasteiger charge is -2.30. The summed E-state index contributed by atoms with van der Waals surface area (Å²) in [7, 11) is 0. The maximum absolute atomic E-state index is 6.23. The van der Waals surface area contributed by atoms with Gasteiger partial charge in [0.1, 0.15) is 5.58 Å². The molecule has 9 aromatic carbocycles. The second-order valence-electron chi connectivity index (χ2n) is 13.8. The average Bonchev–Trinajstić information content (AvgIpc) is 3.69. The summed E-state index contributed by atoms with van der Waals surface area (Å²) < 4.78 is 6.23. The van der Waals surface area contributed by atoms with Crippen LogP contribution in [-0.4, -0.2) is 0 Å². The molecular formula is C50H31NO. The van der Waals surface area contributed by atoms with Crippen molar-refractivity contribution in [2.75, 3.05) is 4.90 Å². The number of rotatable bonds is 5. The Kier molecular flexibility index (Phi) is 6.28. The fraction of sp³-hybridized carbons (Fsp3) is 0. The fourth-order valence-electron chi connectivity index (χ4n) is 8.26. The van der Waals surface area contributed by atoms with Crippen molar-refractivity contribution in [1.82, 2.24) is 0 Å². The summed E-state index contributed by atoms with van der Waals surface area (Å²) in [5, 5.41) is 8.46. The topological polar surface area (TPSA) is 16.4 Å². The van der Waals surface area contributed by atoms with Crippen LogP contribution in [0.3, 0.4) is 0 Å². The highest BCUT2D eigenvalue weighted by Gasteiger charge is 2.26. The lowest BCUT2D eigenvalue weighted by molar-refractivity contribution is 0.617. The number of fused-ring (bicyclic) bond motifs is 8. The van der Waals surface area contributed by atoms with E-state index in [4.69, 9.17) is 4.42 Å². The van der Waals surface area contributed by atoms with Gasteiger partial charge in [-0.15, -0.1) is 0 Å². The molecule has 242 valence electrons. The zero-order valence-electron chi connectivity index (χ0n) is 28.3. The van der Waals surface area contributed by atoms with Gasteiger partial charge in [0.15, 0.2) is 0 Å². The first-order valence-electron chi connectivity index (χ1n) is 17.8. The van der Waals surface area contributed by atoms with Crippen molar-refractivity contribution in [2.45, 2.75) is 0 Å². The summed E-state index contributed by atoms with van der Waals surface area (Å²) in [6.07, 6.45) is 1.79. The molecule has 0 N–H and O–H groups in total. The Morgan fingerprint density at radius 2 is 0.962 bits per heavy atom. The molecule has 1 heterocycles. The fourth-order valence-corrected chi connectivity index (χ4v) is 8.26. The van der Waals surface area contributed by atoms with Gasteiger partial charge in [-0.25, -0.2) is 0 Å². The van der Waals surface area contributed by atoms with Crippen molar-refractivity contribution < 1.29 is 4.42 Å². The van der Waals surface area contributed by atoms with Crippen molar-refractivity contribution in [3.63, 3.8) is 0 Å². The molecule has 0 radical (unpaired) electrons. The van der Waals surface area contributed by atoms with Crippen LogP contribution in [0, 0.1) is 0 Å². The number of hydrogen-bond acceptors (Lipinski definition) is 2. The molecule has 2 nitrogen and oxygen atoms in total. The predicted molar refractivity (Wildman–Crippen MR) is 219 cm³/mol. The van der Waals surface area contributed by atoms with Gasteiger partial charge >= 0.3 is 0 Å². The van der Waals surface area contributed by atoms with Gasteiger partial charge in [0, 0.05) is 22.0 Å². The normalized spacial score (nSPS) is 11.8. The van der Waals surface area contributed by atoms with E-state index in [1.165, 1.54) is 65.7 Å². The molecule has 0 amide bonds. The quantitative estimate of drug-likeness (QED) is 0.182. The van der Waals surface area contributed by atoms with E-state index in [9.17, 15) is 0 Å². The van der Waals surface area contributed by atoms with Gasteiger partial charge < -0.3 is 9.32 Å². The first kappa shape index (κ1) is 28.9. The highest BCUT2D eigenvalue weighted by Crippen LogP contribution is 2.52. The molecule has 0 atom stereocenters. The molecule has 0 saturated heterocycles. The minimum atomic E-state index is 0.885. The Morgan fingerprint density at radius 1 is 0.346 bits per heavy atom. The summed E-state index contributed by atoms with van der Waals surface area (Å²) in [4.78, 5) is 2.41. The predicted octanol–water partition coefficient (Wildman–Crippen LogP) is 14.3. The molecule has 0 bridgehead atoms. The Hall–Kier alpha value is -6.90. The van der Waals surface area contributed by atoms with E-state index < -0.39 is 0 Å². The molecule has 1 aliphatic carbocycles. The zero-order valence-corrected chi connectivity index (χ0v) is 28.3. The first-order chi connectivity index (χ1) is 25.8. The number of benzene rings is 9. The Labute approximate surface area is 301 Å². The van der Waals surface area contributed by atoms with Gasteiger partial charge in [-0.05, 0) is 133 Å². The zero-order chi connectivity index (χ0) is 34.2. The lowest BCUT2D eigenvalue weighted by atomic mass is 9.77. The highest BCUT2D eigenvalue weighted by atomic mass is 16.3. The van der Waals surface area contributed by atoms with Gasteiger partial charge in [0.05, 0.1) is 17.6 Å². The summed E-state index contributed by atoms with van der Waals surface area (Å²) in [6.45, 7) is 0. The number of hydrogen-bond donors (Lipinski definition) is 0. The van der Waals surface area contributed by atoms with Crippen LogP contribution in [0.1, 0.15) is 0 Å². The van der Waals surface area contributed by atoms with Crippen LogP contribution >= 0.6 is 0 Å². The van der Waals surface area contributed by atoms with Crippen LogP contribution in [0.15, 0.2) is 193 Å². The molecule has 1 aliphatic rings. The van der Waals surface area contributed by atoms with Crippen LogP contribution in [0.25, 0.3) is 87.8 Å². The van der Waals surface area contributed by atoms with E-state index >= 15 is 0 Å². The first-order valence-corrected chi connectivity index (χ1v) is 17.8. The van der Waals surface area contributed by atoms with E-state index in [1.54, 1.807) is 6.26 Å². The third-order valence-electron chi connectivity index (χ3n) is 10.8. The molecule has 52 heavy (non-hydrogen) atoms. The van der Waals surface area contributed by atoms with Gasteiger partial charge in [0.25, 0.3) is 0 Å². The Balaban J connectivity index is 1.10. The Bertz CT molecular complexity index is 3010. The maximum atomic E-state index is 6.23. The average molecular weight is 662 g/mol. The largest absolute Gasteiger partial charge is 0.464 e. The molecule has 1 aromatic heterocycles. The lowest BCUT2D eigenvalue weighted by Crippen LogP contribution is -2.12. The number of nitrogens with zero attached hydrogens (tertiary/aromatic N) is 1. The second kappa shape index (κ2) is 11.3. The maximum Gasteiger partial charge on any atom is 0.143 e. The van der Waals surface area contributed by atoms with Crippen molar-refractivity contribution in [1.29, 1.82) is 0 Å². The molecule has 11 rings (SSSR count). The van der Waals surface area contributed by atoms with Crippen molar-refractivity contribution >= 4 is 60.3 Å². The van der Waals surface area contributed by atoms with Gasteiger partial charge in [-0.1, -0.05) is 115 Å². The van der Waals surface area contributed by atoms with Gasteiger partial charge in [0.2, 0.25) is 0 Å². The van der Waals surface area contributed by atoms with Crippen LogP contribution in [0.5, 0.6) is 0 Å². The molecule has 0 aliphatic heterocycles. The molecule has 0 fully saturated rings. The van der Waals surface area contributed by atoms with Crippen molar-refractivity contribution in [2.24, 2.45) is 0 Å². The number of furan rings is 1. The number of anilines is 3. The highest BCUT2D eigenvalue weighted by molar-refractivity contribution is 6.13. The van der Waals surface area contributed by atoms with Crippen molar-refractivity contribution in [3.8, 4) is 44.5 Å². The Morgan fingerprint density at radius 3 is 1.73 bits per heavy atom. The summed E-state index contributed by atoms with van der Waals surface area (Å²) >= 11 is 0. The molecular weight excluding hydrogens is 631 g/mol. The van der Waals surface area contributed by atoms with E-state index in [2.05, 4.69) is 181 Å². The van der Waals surface area contributed by atoms with E-state index in [1.807, 2.05) is 6.07 Å². The minimum Gasteiger partial charge on any atom is -0.464 e. The monoisotopic (exact) mass is 661 g/mol. The summed E-state index contributed by atoms with van der Waals surface area (Å²) in [5.74, 6) is 0. The van der Waals surface area contributed by atoms with E-state index in [0.717, 1.165) is 39.2 Å². The molecule has 10 aromatic rings. The summed E-state index contributed by atoms with van der Waals surface area (Å²) in [5.41, 5.74) is 14.1.